The number of rotatable bonds is 9. The van der Waals surface area contributed by atoms with Crippen LogP contribution in [0.2, 0.25) is 0 Å². The van der Waals surface area contributed by atoms with E-state index in [1.165, 1.54) is 0 Å². The van der Waals surface area contributed by atoms with Gasteiger partial charge in [0, 0.05) is 0 Å². The normalized spacial score (nSPS) is 11.2. The van der Waals surface area contributed by atoms with Gasteiger partial charge in [-0.3, -0.25) is 0 Å². The van der Waals surface area contributed by atoms with Crippen molar-refractivity contribution in [2.24, 2.45) is 0 Å². The third-order valence-corrected chi connectivity index (χ3v) is 15.1. The van der Waals surface area contributed by atoms with E-state index in [1.807, 2.05) is 75.4 Å². The van der Waals surface area contributed by atoms with Gasteiger partial charge in [-0.15, -0.1) is 0 Å². The monoisotopic (exact) mass is 472 g/mol. The quantitative estimate of drug-likeness (QED) is 0.440. The van der Waals surface area contributed by atoms with Crippen LogP contribution in [0.25, 0.3) is 0 Å². The summed E-state index contributed by atoms with van der Waals surface area (Å²) in [5.74, 6) is 2.47. The van der Waals surface area contributed by atoms with Crippen molar-refractivity contribution in [3.63, 3.8) is 0 Å². The summed E-state index contributed by atoms with van der Waals surface area (Å²) in [6.45, 7) is 7.69. The summed E-state index contributed by atoms with van der Waals surface area (Å²) in [4.78, 5) is 0. The fourth-order valence-corrected chi connectivity index (χ4v) is 13.0. The van der Waals surface area contributed by atoms with Gasteiger partial charge >= 0.3 is 180 Å². The third kappa shape index (κ3) is 4.41. The molecule has 152 valence electrons. The molecule has 29 heavy (non-hydrogen) atoms. The minimum atomic E-state index is -3.72. The van der Waals surface area contributed by atoms with Crippen molar-refractivity contribution < 1.29 is 14.2 Å². The molecule has 0 aliphatic rings. The third-order valence-electron chi connectivity index (χ3n) is 4.67. The van der Waals surface area contributed by atoms with E-state index in [0.29, 0.717) is 19.8 Å². The zero-order valence-corrected chi connectivity index (χ0v) is 20.0. The zero-order chi connectivity index (χ0) is 20.7. The molecule has 0 atom stereocenters. The van der Waals surface area contributed by atoms with Crippen LogP contribution in [0.1, 0.15) is 20.8 Å². The first-order valence-corrected chi connectivity index (χ1v) is 15.9. The number of hydrogen-bond acceptors (Lipinski definition) is 3. The van der Waals surface area contributed by atoms with Gasteiger partial charge in [0.2, 0.25) is 0 Å². The van der Waals surface area contributed by atoms with Crippen LogP contribution in [0.5, 0.6) is 17.2 Å². The van der Waals surface area contributed by atoms with Crippen molar-refractivity contribution >= 4 is 35.5 Å². The van der Waals surface area contributed by atoms with Gasteiger partial charge < -0.3 is 0 Å². The van der Waals surface area contributed by atoms with E-state index in [9.17, 15) is 0 Å². The number of ether oxygens (including phenoxy) is 3. The van der Waals surface area contributed by atoms with Crippen molar-refractivity contribution in [2.75, 3.05) is 19.8 Å². The van der Waals surface area contributed by atoms with Crippen LogP contribution < -0.4 is 27.4 Å². The molecular formula is C24H27ClGeO3. The molecule has 0 saturated heterocycles. The van der Waals surface area contributed by atoms with Gasteiger partial charge in [0.25, 0.3) is 0 Å². The summed E-state index contributed by atoms with van der Waals surface area (Å²) in [6, 6.07) is 24.3. The van der Waals surface area contributed by atoms with Crippen molar-refractivity contribution in [2.45, 2.75) is 20.8 Å². The Kier molecular flexibility index (Phi) is 7.51. The second kappa shape index (κ2) is 10.1. The zero-order valence-electron chi connectivity index (χ0n) is 17.2. The fraction of sp³-hybridized carbons (Fsp3) is 0.250. The van der Waals surface area contributed by atoms with E-state index in [-0.39, 0.29) is 0 Å². The summed E-state index contributed by atoms with van der Waals surface area (Å²) in [6.07, 6.45) is 0. The number of benzene rings is 3. The molecule has 0 aromatic heterocycles. The van der Waals surface area contributed by atoms with E-state index in [0.717, 1.165) is 30.4 Å². The number of hydrogen-bond donors (Lipinski definition) is 0. The molecule has 3 rings (SSSR count). The summed E-state index contributed by atoms with van der Waals surface area (Å²) >= 11 is -3.72. The van der Waals surface area contributed by atoms with E-state index < -0.39 is 12.3 Å². The predicted molar refractivity (Wildman–Crippen MR) is 123 cm³/mol. The molecule has 0 N–H and O–H groups in total. The van der Waals surface area contributed by atoms with Crippen molar-refractivity contribution in [3.05, 3.63) is 72.8 Å². The first-order valence-electron chi connectivity index (χ1n) is 10.0. The van der Waals surface area contributed by atoms with Gasteiger partial charge in [0.15, 0.2) is 0 Å². The van der Waals surface area contributed by atoms with Gasteiger partial charge in [0.1, 0.15) is 0 Å². The molecule has 3 aromatic carbocycles. The molecule has 0 radical (unpaired) electrons. The van der Waals surface area contributed by atoms with Crippen molar-refractivity contribution in [1.82, 2.24) is 0 Å². The molecule has 0 heterocycles. The molecule has 0 bridgehead atoms. The Morgan fingerprint density at radius 2 is 0.828 bits per heavy atom. The van der Waals surface area contributed by atoms with Gasteiger partial charge in [-0.25, -0.2) is 0 Å². The van der Waals surface area contributed by atoms with Gasteiger partial charge in [0.05, 0.1) is 0 Å². The van der Waals surface area contributed by atoms with Crippen LogP contribution in [-0.2, 0) is 0 Å². The summed E-state index contributed by atoms with van der Waals surface area (Å²) in [7, 11) is 7.79. The maximum absolute atomic E-state index is 7.79. The molecule has 5 heteroatoms. The summed E-state index contributed by atoms with van der Waals surface area (Å²) in [5, 5.41) is 0. The van der Waals surface area contributed by atoms with E-state index in [2.05, 4.69) is 18.2 Å². The number of para-hydroxylation sites is 3. The summed E-state index contributed by atoms with van der Waals surface area (Å²) < 4.78 is 21.1. The van der Waals surface area contributed by atoms with Gasteiger partial charge in [-0.1, -0.05) is 0 Å². The van der Waals surface area contributed by atoms with Crippen LogP contribution >= 0.6 is 10.0 Å². The molecule has 0 unspecified atom stereocenters. The Hall–Kier alpha value is -2.11. The molecule has 0 aliphatic heterocycles. The van der Waals surface area contributed by atoms with Crippen LogP contribution in [0.4, 0.5) is 0 Å². The Balaban J connectivity index is 2.35. The molecular weight excluding hydrogens is 444 g/mol. The van der Waals surface area contributed by atoms with Gasteiger partial charge in [-0.05, 0) is 0 Å². The topological polar surface area (TPSA) is 27.7 Å². The Labute approximate surface area is 180 Å². The van der Waals surface area contributed by atoms with Crippen LogP contribution in [0.15, 0.2) is 72.8 Å². The standard InChI is InChI=1S/C24H27ClGeO3/c1-4-27-22-16-10-7-13-19(22)26(25,20-14-8-11-17-23(20)28-5-2)21-15-9-12-18-24(21)29-6-3/h7-18H,4-6H2,1-3H3. The molecule has 3 aromatic rings. The molecule has 0 fully saturated rings. The summed E-state index contributed by atoms with van der Waals surface area (Å²) in [5.41, 5.74) is 0. The van der Waals surface area contributed by atoms with E-state index >= 15 is 0 Å². The Bertz CT molecular complexity index is 824. The van der Waals surface area contributed by atoms with E-state index in [1.54, 1.807) is 0 Å². The molecule has 0 spiro atoms. The Morgan fingerprint density at radius 3 is 1.10 bits per heavy atom. The average molecular weight is 472 g/mol. The number of halogens is 1. The average Bonchev–Trinajstić information content (AvgIpc) is 2.75. The maximum atomic E-state index is 7.79. The van der Waals surface area contributed by atoms with E-state index in [4.69, 9.17) is 24.2 Å². The first-order chi connectivity index (χ1) is 14.2. The second-order valence-electron chi connectivity index (χ2n) is 6.45. The first kappa shape index (κ1) is 21.6. The molecule has 0 aliphatic carbocycles. The van der Waals surface area contributed by atoms with Gasteiger partial charge in [-0.2, -0.15) is 0 Å². The fourth-order valence-electron chi connectivity index (χ4n) is 3.53. The van der Waals surface area contributed by atoms with Crippen molar-refractivity contribution in [1.29, 1.82) is 0 Å². The molecule has 0 amide bonds. The minimum absolute atomic E-state index is 0.576. The molecule has 3 nitrogen and oxygen atoms in total. The molecule has 0 saturated carbocycles. The van der Waals surface area contributed by atoms with Crippen molar-refractivity contribution in [3.8, 4) is 17.2 Å². The Morgan fingerprint density at radius 1 is 0.552 bits per heavy atom. The second-order valence-corrected chi connectivity index (χ2v) is 15.5. The van der Waals surface area contributed by atoms with Crippen LogP contribution in [-0.4, -0.2) is 32.2 Å². The predicted octanol–water partition coefficient (Wildman–Crippen LogP) is 4.09. The SMILES string of the molecule is CCOc1cccc[c]1[Ge]([Cl])([c]1ccccc1OCC)[c]1ccccc1OCC. The van der Waals surface area contributed by atoms with Crippen LogP contribution in [0.3, 0.4) is 0 Å². The van der Waals surface area contributed by atoms with Crippen LogP contribution in [0, 0.1) is 0 Å².